The third-order valence-electron chi connectivity index (χ3n) is 2.77. The van der Waals surface area contributed by atoms with Crippen molar-refractivity contribution in [3.05, 3.63) is 35.1 Å². The van der Waals surface area contributed by atoms with E-state index in [1.807, 2.05) is 17.6 Å². The average Bonchev–Trinajstić information content (AvgIpc) is 2.93. The predicted molar refractivity (Wildman–Crippen MR) is 62.9 cm³/mol. The van der Waals surface area contributed by atoms with E-state index in [1.165, 1.54) is 11.3 Å². The van der Waals surface area contributed by atoms with Crippen molar-refractivity contribution < 1.29 is 4.79 Å². The van der Waals surface area contributed by atoms with Crippen LogP contribution >= 0.6 is 11.3 Å². The predicted octanol–water partition coefficient (Wildman–Crippen LogP) is 2.06. The average molecular weight is 233 g/mol. The molecule has 0 aliphatic carbocycles. The first-order valence-corrected chi connectivity index (χ1v) is 6.12. The molecule has 3 rings (SSSR count). The van der Waals surface area contributed by atoms with Gasteiger partial charge in [-0.05, 0) is 24.5 Å². The van der Waals surface area contributed by atoms with Crippen LogP contribution in [-0.4, -0.2) is 22.4 Å². The minimum absolute atomic E-state index is 0.0347. The van der Waals surface area contributed by atoms with Gasteiger partial charge >= 0.3 is 0 Å². The minimum Gasteiger partial charge on any atom is -0.357 e. The zero-order valence-electron chi connectivity index (χ0n) is 8.64. The minimum atomic E-state index is 0.0347. The molecular formula is C11H11N3OS. The molecule has 1 N–H and O–H groups in total. The molecule has 1 amide bonds. The standard InChI is InChI=1S/C11H11N3OS/c15-10-9-8(3-4-12-9)2-1-6-14(10)11-13-5-7-16-11/h3-5,7,12H,1-2,6H2. The number of rotatable bonds is 1. The molecule has 4 nitrogen and oxygen atoms in total. The molecule has 0 atom stereocenters. The van der Waals surface area contributed by atoms with Gasteiger partial charge in [0.05, 0.1) is 0 Å². The van der Waals surface area contributed by atoms with E-state index < -0.39 is 0 Å². The van der Waals surface area contributed by atoms with Gasteiger partial charge < -0.3 is 4.98 Å². The zero-order valence-corrected chi connectivity index (χ0v) is 9.46. The fourth-order valence-corrected chi connectivity index (χ4v) is 2.67. The number of aromatic amines is 1. The molecule has 1 aliphatic heterocycles. The number of carbonyl (C=O) groups is 1. The van der Waals surface area contributed by atoms with Crippen LogP contribution in [0.3, 0.4) is 0 Å². The van der Waals surface area contributed by atoms with Gasteiger partial charge in [0, 0.05) is 24.3 Å². The fourth-order valence-electron chi connectivity index (χ4n) is 2.00. The second-order valence-electron chi connectivity index (χ2n) is 3.75. The molecule has 1 aliphatic rings. The maximum absolute atomic E-state index is 12.3. The van der Waals surface area contributed by atoms with Crippen molar-refractivity contribution in [3.8, 4) is 0 Å². The second kappa shape index (κ2) is 3.75. The highest BCUT2D eigenvalue weighted by Crippen LogP contribution is 2.24. The number of fused-ring (bicyclic) bond motifs is 1. The summed E-state index contributed by atoms with van der Waals surface area (Å²) < 4.78 is 0. The molecule has 0 fully saturated rings. The number of aromatic nitrogens is 2. The van der Waals surface area contributed by atoms with Crippen LogP contribution in [0.15, 0.2) is 23.8 Å². The van der Waals surface area contributed by atoms with E-state index in [-0.39, 0.29) is 5.91 Å². The summed E-state index contributed by atoms with van der Waals surface area (Å²) >= 11 is 1.50. The summed E-state index contributed by atoms with van der Waals surface area (Å²) in [6.07, 6.45) is 5.49. The van der Waals surface area contributed by atoms with E-state index >= 15 is 0 Å². The number of H-pyrrole nitrogens is 1. The summed E-state index contributed by atoms with van der Waals surface area (Å²) in [5.74, 6) is 0.0347. The zero-order chi connectivity index (χ0) is 11.0. The third-order valence-corrected chi connectivity index (χ3v) is 3.56. The number of hydrogen-bond acceptors (Lipinski definition) is 3. The Balaban J connectivity index is 2.01. The lowest BCUT2D eigenvalue weighted by molar-refractivity contribution is 0.0984. The summed E-state index contributed by atoms with van der Waals surface area (Å²) in [5.41, 5.74) is 1.83. The smallest absolute Gasteiger partial charge is 0.276 e. The molecule has 0 saturated carbocycles. The number of nitrogens with one attached hydrogen (secondary N) is 1. The van der Waals surface area contributed by atoms with Crippen molar-refractivity contribution in [2.75, 3.05) is 11.4 Å². The number of amides is 1. The van der Waals surface area contributed by atoms with Gasteiger partial charge in [-0.3, -0.25) is 9.69 Å². The van der Waals surface area contributed by atoms with Crippen LogP contribution in [0.5, 0.6) is 0 Å². The van der Waals surface area contributed by atoms with E-state index in [0.717, 1.165) is 30.1 Å². The van der Waals surface area contributed by atoms with Gasteiger partial charge in [-0.1, -0.05) is 0 Å². The molecule has 3 heterocycles. The Bertz CT molecular complexity index is 503. The Morgan fingerprint density at radius 3 is 3.25 bits per heavy atom. The largest absolute Gasteiger partial charge is 0.357 e. The topological polar surface area (TPSA) is 49.0 Å². The first-order valence-electron chi connectivity index (χ1n) is 5.24. The van der Waals surface area contributed by atoms with Crippen molar-refractivity contribution in [2.45, 2.75) is 12.8 Å². The normalized spacial score (nSPS) is 16.0. The highest BCUT2D eigenvalue weighted by Gasteiger charge is 2.25. The van der Waals surface area contributed by atoms with Crippen LogP contribution in [0.1, 0.15) is 22.5 Å². The molecule has 2 aromatic heterocycles. The molecule has 2 aromatic rings. The Labute approximate surface area is 96.9 Å². The number of nitrogens with zero attached hydrogens (tertiary/aromatic N) is 2. The maximum atomic E-state index is 12.3. The van der Waals surface area contributed by atoms with Crippen LogP contribution in [0.2, 0.25) is 0 Å². The number of anilines is 1. The van der Waals surface area contributed by atoms with Crippen molar-refractivity contribution in [3.63, 3.8) is 0 Å². The first-order chi connectivity index (χ1) is 7.86. The molecule has 0 aromatic carbocycles. The lowest BCUT2D eigenvalue weighted by atomic mass is 10.1. The Kier molecular flexibility index (Phi) is 2.25. The summed E-state index contributed by atoms with van der Waals surface area (Å²) in [4.78, 5) is 21.2. The van der Waals surface area contributed by atoms with Gasteiger partial charge in [0.2, 0.25) is 0 Å². The molecule has 0 bridgehead atoms. The lowest BCUT2D eigenvalue weighted by Crippen LogP contribution is -2.30. The molecule has 0 radical (unpaired) electrons. The van der Waals surface area contributed by atoms with E-state index in [1.54, 1.807) is 11.1 Å². The van der Waals surface area contributed by atoms with Crippen LogP contribution in [0, 0.1) is 0 Å². The van der Waals surface area contributed by atoms with Crippen molar-refractivity contribution in [1.82, 2.24) is 9.97 Å². The van der Waals surface area contributed by atoms with Crippen molar-refractivity contribution in [2.24, 2.45) is 0 Å². The number of hydrogen-bond donors (Lipinski definition) is 1. The van der Waals surface area contributed by atoms with Gasteiger partial charge in [-0.15, -0.1) is 11.3 Å². The van der Waals surface area contributed by atoms with Crippen molar-refractivity contribution >= 4 is 22.4 Å². The summed E-state index contributed by atoms with van der Waals surface area (Å²) in [6.45, 7) is 0.745. The highest BCUT2D eigenvalue weighted by molar-refractivity contribution is 7.13. The van der Waals surface area contributed by atoms with Gasteiger partial charge in [-0.25, -0.2) is 4.98 Å². The molecule has 0 saturated heterocycles. The van der Waals surface area contributed by atoms with E-state index in [2.05, 4.69) is 9.97 Å². The van der Waals surface area contributed by atoms with E-state index in [0.29, 0.717) is 5.69 Å². The number of thiazole rings is 1. The number of aryl methyl sites for hydroxylation is 1. The maximum Gasteiger partial charge on any atom is 0.276 e. The van der Waals surface area contributed by atoms with Gasteiger partial charge in [-0.2, -0.15) is 0 Å². The molecule has 0 unspecified atom stereocenters. The van der Waals surface area contributed by atoms with E-state index in [4.69, 9.17) is 0 Å². The Morgan fingerprint density at radius 1 is 1.50 bits per heavy atom. The Hall–Kier alpha value is -1.62. The van der Waals surface area contributed by atoms with Crippen LogP contribution in [-0.2, 0) is 6.42 Å². The second-order valence-corrected chi connectivity index (χ2v) is 4.63. The highest BCUT2D eigenvalue weighted by atomic mass is 32.1. The summed E-state index contributed by atoms with van der Waals surface area (Å²) in [5, 5.41) is 2.68. The quantitative estimate of drug-likeness (QED) is 0.819. The summed E-state index contributed by atoms with van der Waals surface area (Å²) in [7, 11) is 0. The van der Waals surface area contributed by atoms with E-state index in [9.17, 15) is 4.79 Å². The lowest BCUT2D eigenvalue weighted by Gasteiger charge is -2.16. The van der Waals surface area contributed by atoms with Crippen LogP contribution in [0.25, 0.3) is 0 Å². The Morgan fingerprint density at radius 2 is 2.44 bits per heavy atom. The molecular weight excluding hydrogens is 222 g/mol. The third kappa shape index (κ3) is 1.44. The fraction of sp³-hybridized carbons (Fsp3) is 0.273. The molecule has 16 heavy (non-hydrogen) atoms. The number of carbonyl (C=O) groups excluding carboxylic acids is 1. The van der Waals surface area contributed by atoms with Gasteiger partial charge in [0.25, 0.3) is 5.91 Å². The monoisotopic (exact) mass is 233 g/mol. The van der Waals surface area contributed by atoms with Crippen LogP contribution in [0.4, 0.5) is 5.13 Å². The van der Waals surface area contributed by atoms with Crippen molar-refractivity contribution in [1.29, 1.82) is 0 Å². The summed E-state index contributed by atoms with van der Waals surface area (Å²) in [6, 6.07) is 1.98. The molecule has 82 valence electrons. The first kappa shape index (κ1) is 9.59. The SMILES string of the molecule is O=C1c2[nH]ccc2CCCN1c1nccs1. The van der Waals surface area contributed by atoms with Crippen LogP contribution < -0.4 is 4.90 Å². The van der Waals surface area contributed by atoms with Gasteiger partial charge in [0.1, 0.15) is 5.69 Å². The van der Waals surface area contributed by atoms with Gasteiger partial charge in [0.15, 0.2) is 5.13 Å². The molecule has 0 spiro atoms. The molecule has 5 heteroatoms.